The smallest absolute Gasteiger partial charge is 0.416 e. The zero-order chi connectivity index (χ0) is 16.3. The Morgan fingerprint density at radius 1 is 1.32 bits per heavy atom. The maximum Gasteiger partial charge on any atom is 0.416 e. The van der Waals surface area contributed by atoms with E-state index in [4.69, 9.17) is 9.84 Å². The Hall–Kier alpha value is -1.93. The monoisotopic (exact) mass is 331 g/mol. The Bertz CT molecular complexity index is 665. The maximum atomic E-state index is 12.5. The van der Waals surface area contributed by atoms with Gasteiger partial charge < -0.3 is 9.84 Å². The first-order valence-corrected chi connectivity index (χ1v) is 7.02. The average Bonchev–Trinajstić information content (AvgIpc) is 2.79. The van der Waals surface area contributed by atoms with Crippen LogP contribution in [0, 0.1) is 6.92 Å². The molecule has 2 aromatic rings. The summed E-state index contributed by atoms with van der Waals surface area (Å²) in [5.74, 6) is -1.06. The number of carboxylic acid groups (broad SMARTS) is 1. The van der Waals surface area contributed by atoms with Crippen LogP contribution < -0.4 is 0 Å². The van der Waals surface area contributed by atoms with E-state index in [1.807, 2.05) is 0 Å². The van der Waals surface area contributed by atoms with Crippen molar-refractivity contribution in [2.75, 3.05) is 6.61 Å². The number of benzene rings is 1. The standard InChI is InChI=1S/C14H12F3NO3S/c1-8-11(6-21-7-12(19)20)22-13(18-8)9-2-4-10(5-3-9)14(15,16)17/h2-5H,6-7H2,1H3,(H,19,20). The second-order valence-electron chi connectivity index (χ2n) is 4.49. The summed E-state index contributed by atoms with van der Waals surface area (Å²) in [6.45, 7) is 1.44. The fraction of sp³-hybridized carbons (Fsp3) is 0.286. The van der Waals surface area contributed by atoms with E-state index in [1.54, 1.807) is 6.92 Å². The van der Waals surface area contributed by atoms with Crippen LogP contribution in [0.1, 0.15) is 16.1 Å². The van der Waals surface area contributed by atoms with E-state index in [2.05, 4.69) is 4.98 Å². The van der Waals surface area contributed by atoms with E-state index in [9.17, 15) is 18.0 Å². The van der Waals surface area contributed by atoms with Crippen molar-refractivity contribution >= 4 is 17.3 Å². The molecule has 1 aromatic carbocycles. The number of aromatic nitrogens is 1. The molecule has 0 unspecified atom stereocenters. The van der Waals surface area contributed by atoms with Crippen LogP contribution in [0.4, 0.5) is 13.2 Å². The Kier molecular flexibility index (Phi) is 4.82. The van der Waals surface area contributed by atoms with Gasteiger partial charge in [-0.25, -0.2) is 9.78 Å². The topological polar surface area (TPSA) is 59.4 Å². The lowest BCUT2D eigenvalue weighted by Crippen LogP contribution is -2.06. The number of aryl methyl sites for hydroxylation is 1. The molecule has 0 fully saturated rings. The first kappa shape index (κ1) is 16.4. The number of rotatable bonds is 5. The van der Waals surface area contributed by atoms with Gasteiger partial charge in [0.15, 0.2) is 0 Å². The highest BCUT2D eigenvalue weighted by atomic mass is 32.1. The lowest BCUT2D eigenvalue weighted by Gasteiger charge is -2.06. The molecule has 4 nitrogen and oxygen atoms in total. The molecule has 0 atom stereocenters. The summed E-state index contributed by atoms with van der Waals surface area (Å²) in [7, 11) is 0. The van der Waals surface area contributed by atoms with Crippen molar-refractivity contribution < 1.29 is 27.8 Å². The van der Waals surface area contributed by atoms with Crippen molar-refractivity contribution in [1.82, 2.24) is 4.98 Å². The van der Waals surface area contributed by atoms with Gasteiger partial charge in [-0.1, -0.05) is 12.1 Å². The second-order valence-corrected chi connectivity index (χ2v) is 5.57. The van der Waals surface area contributed by atoms with Crippen molar-refractivity contribution in [3.05, 3.63) is 40.4 Å². The molecule has 0 saturated carbocycles. The van der Waals surface area contributed by atoms with Crippen LogP contribution in [0.2, 0.25) is 0 Å². The Morgan fingerprint density at radius 2 is 1.95 bits per heavy atom. The number of hydrogen-bond donors (Lipinski definition) is 1. The molecule has 118 valence electrons. The van der Waals surface area contributed by atoms with Crippen LogP contribution in [0.3, 0.4) is 0 Å². The van der Waals surface area contributed by atoms with Gasteiger partial charge in [0.2, 0.25) is 0 Å². The SMILES string of the molecule is Cc1nc(-c2ccc(C(F)(F)F)cc2)sc1COCC(=O)O. The van der Waals surface area contributed by atoms with Crippen molar-refractivity contribution in [3.63, 3.8) is 0 Å². The third kappa shape index (κ3) is 4.05. The normalized spacial score (nSPS) is 11.6. The Morgan fingerprint density at radius 3 is 2.50 bits per heavy atom. The minimum Gasteiger partial charge on any atom is -0.480 e. The minimum atomic E-state index is -4.37. The van der Waals surface area contributed by atoms with Crippen molar-refractivity contribution in [2.24, 2.45) is 0 Å². The first-order chi connectivity index (χ1) is 10.3. The molecule has 0 spiro atoms. The van der Waals surface area contributed by atoms with Crippen molar-refractivity contribution in [1.29, 1.82) is 0 Å². The molecule has 0 saturated heterocycles. The lowest BCUT2D eigenvalue weighted by atomic mass is 10.1. The average molecular weight is 331 g/mol. The van der Waals surface area contributed by atoms with Crippen LogP contribution in [-0.2, 0) is 22.3 Å². The van der Waals surface area contributed by atoms with E-state index in [0.29, 0.717) is 16.3 Å². The number of nitrogens with zero attached hydrogens (tertiary/aromatic N) is 1. The quantitative estimate of drug-likeness (QED) is 0.907. The van der Waals surface area contributed by atoms with Crippen LogP contribution in [0.5, 0.6) is 0 Å². The Balaban J connectivity index is 2.14. The van der Waals surface area contributed by atoms with Gasteiger partial charge in [0.1, 0.15) is 11.6 Å². The van der Waals surface area contributed by atoms with E-state index in [-0.39, 0.29) is 6.61 Å². The minimum absolute atomic E-state index is 0.108. The summed E-state index contributed by atoms with van der Waals surface area (Å²) in [5, 5.41) is 9.08. The number of ether oxygens (including phenoxy) is 1. The largest absolute Gasteiger partial charge is 0.480 e. The molecule has 1 N–H and O–H groups in total. The summed E-state index contributed by atoms with van der Waals surface area (Å²) in [5.41, 5.74) is 0.533. The van der Waals surface area contributed by atoms with Gasteiger partial charge in [-0.05, 0) is 19.1 Å². The summed E-state index contributed by atoms with van der Waals surface area (Å²) >= 11 is 1.27. The van der Waals surface area contributed by atoms with Gasteiger partial charge in [0, 0.05) is 5.56 Å². The molecule has 0 radical (unpaired) electrons. The summed E-state index contributed by atoms with van der Waals surface area (Å²) in [4.78, 5) is 15.4. The number of carbonyl (C=O) groups is 1. The number of aliphatic carboxylic acids is 1. The van der Waals surface area contributed by atoms with Crippen molar-refractivity contribution in [2.45, 2.75) is 19.7 Å². The van der Waals surface area contributed by atoms with E-state index in [0.717, 1.165) is 17.0 Å². The molecule has 1 aromatic heterocycles. The highest BCUT2D eigenvalue weighted by molar-refractivity contribution is 7.15. The zero-order valence-corrected chi connectivity index (χ0v) is 12.3. The van der Waals surface area contributed by atoms with Gasteiger partial charge in [0.05, 0.1) is 22.7 Å². The highest BCUT2D eigenvalue weighted by Crippen LogP contribution is 2.33. The van der Waals surface area contributed by atoms with Gasteiger partial charge in [-0.3, -0.25) is 0 Å². The van der Waals surface area contributed by atoms with Gasteiger partial charge in [0.25, 0.3) is 0 Å². The number of hydrogen-bond acceptors (Lipinski definition) is 4. The molecule has 22 heavy (non-hydrogen) atoms. The third-order valence-corrected chi connectivity index (χ3v) is 3.99. The summed E-state index contributed by atoms with van der Waals surface area (Å²) < 4.78 is 42.5. The molecule has 0 aliphatic rings. The van der Waals surface area contributed by atoms with E-state index >= 15 is 0 Å². The second kappa shape index (κ2) is 6.45. The molecule has 0 aliphatic carbocycles. The summed E-state index contributed by atoms with van der Waals surface area (Å²) in [6.07, 6.45) is -4.37. The number of alkyl halides is 3. The number of thiazole rings is 1. The molecular weight excluding hydrogens is 319 g/mol. The van der Waals surface area contributed by atoms with E-state index in [1.165, 1.54) is 23.5 Å². The summed E-state index contributed by atoms with van der Waals surface area (Å²) in [6, 6.07) is 4.74. The number of carboxylic acids is 1. The van der Waals surface area contributed by atoms with Crippen molar-refractivity contribution in [3.8, 4) is 10.6 Å². The van der Waals surface area contributed by atoms with Crippen LogP contribution in [-0.4, -0.2) is 22.7 Å². The lowest BCUT2D eigenvalue weighted by molar-refractivity contribution is -0.142. The fourth-order valence-electron chi connectivity index (χ4n) is 1.72. The number of halogens is 3. The predicted octanol–water partition coefficient (Wildman–Crippen LogP) is 3.74. The third-order valence-electron chi connectivity index (χ3n) is 2.81. The maximum absolute atomic E-state index is 12.5. The molecule has 2 rings (SSSR count). The molecule has 0 aliphatic heterocycles. The molecule has 0 amide bonds. The van der Waals surface area contributed by atoms with Crippen LogP contribution >= 0.6 is 11.3 Å². The van der Waals surface area contributed by atoms with Gasteiger partial charge in [-0.15, -0.1) is 11.3 Å². The zero-order valence-electron chi connectivity index (χ0n) is 11.5. The molecule has 1 heterocycles. The molecular formula is C14H12F3NO3S. The molecule has 8 heteroatoms. The Labute approximate surface area is 128 Å². The predicted molar refractivity (Wildman–Crippen MR) is 74.6 cm³/mol. The van der Waals surface area contributed by atoms with Gasteiger partial charge >= 0.3 is 12.1 Å². The fourth-order valence-corrected chi connectivity index (χ4v) is 2.72. The van der Waals surface area contributed by atoms with E-state index < -0.39 is 24.3 Å². The van der Waals surface area contributed by atoms with Gasteiger partial charge in [-0.2, -0.15) is 13.2 Å². The van der Waals surface area contributed by atoms with Crippen LogP contribution in [0.15, 0.2) is 24.3 Å². The first-order valence-electron chi connectivity index (χ1n) is 6.21. The van der Waals surface area contributed by atoms with Crippen LogP contribution in [0.25, 0.3) is 10.6 Å². The molecule has 0 bridgehead atoms. The highest BCUT2D eigenvalue weighted by Gasteiger charge is 2.30.